The number of thioether (sulfide) groups is 1. The van der Waals surface area contributed by atoms with Gasteiger partial charge >= 0.3 is 5.97 Å². The van der Waals surface area contributed by atoms with Crippen LogP contribution >= 0.6 is 11.8 Å². The van der Waals surface area contributed by atoms with Crippen LogP contribution in [-0.4, -0.2) is 40.4 Å². The smallest absolute Gasteiger partial charge is 0.344 e. The Morgan fingerprint density at radius 1 is 1.20 bits per heavy atom. The van der Waals surface area contributed by atoms with Crippen LogP contribution in [0.1, 0.15) is 5.56 Å². The lowest BCUT2D eigenvalue weighted by atomic mass is 10.1. The maximum Gasteiger partial charge on any atom is 0.344 e. The summed E-state index contributed by atoms with van der Waals surface area (Å²) in [4.78, 5) is 27.2. The van der Waals surface area contributed by atoms with Gasteiger partial charge in [-0.2, -0.15) is 0 Å². The van der Waals surface area contributed by atoms with Crippen molar-refractivity contribution in [3.8, 4) is 11.5 Å². The number of aliphatic hydroxyl groups is 1. The van der Waals surface area contributed by atoms with Crippen molar-refractivity contribution in [3.63, 3.8) is 0 Å². The molecule has 0 aliphatic carbocycles. The van der Waals surface area contributed by atoms with Crippen molar-refractivity contribution in [2.24, 2.45) is 4.99 Å². The van der Waals surface area contributed by atoms with E-state index in [2.05, 4.69) is 4.99 Å². The summed E-state index contributed by atoms with van der Waals surface area (Å²) in [7, 11) is 2.59. The van der Waals surface area contributed by atoms with Crippen molar-refractivity contribution in [2.45, 2.75) is 0 Å². The summed E-state index contributed by atoms with van der Waals surface area (Å²) in [5, 5.41) is 31.6. The van der Waals surface area contributed by atoms with Crippen LogP contribution in [-0.2, 0) is 9.53 Å². The third-order valence-corrected chi connectivity index (χ3v) is 5.07. The van der Waals surface area contributed by atoms with E-state index in [1.807, 2.05) is 0 Å². The molecule has 1 aliphatic heterocycles. The summed E-state index contributed by atoms with van der Waals surface area (Å²) < 4.78 is 9.74. The minimum absolute atomic E-state index is 0.0861. The molecule has 2 aromatic rings. The zero-order valence-corrected chi connectivity index (χ0v) is 16.7. The van der Waals surface area contributed by atoms with Gasteiger partial charge in [0.25, 0.3) is 5.69 Å². The summed E-state index contributed by atoms with van der Waals surface area (Å²) >= 11 is 0.994. The molecule has 3 rings (SSSR count). The maximum absolute atomic E-state index is 12.2. The van der Waals surface area contributed by atoms with Crippen LogP contribution in [0, 0.1) is 10.1 Å². The molecule has 30 heavy (non-hydrogen) atoms. The predicted molar refractivity (Wildman–Crippen MR) is 112 cm³/mol. The zero-order chi connectivity index (χ0) is 21.8. The molecule has 154 valence electrons. The number of aliphatic imine (C=N–C) groups is 1. The standard InChI is InChI=1S/C20H16N2O7S/c1-28-15-7-6-11(8-14(15)23)9-16-18(24)17(20(25)29-2)19(30-16)21-12-4-3-5-13(10-12)22(26)27/h3-10,23-24H,1-2H3/b16-9+,21-19?. The average molecular weight is 428 g/mol. The number of ether oxygens (including phenoxy) is 2. The average Bonchev–Trinajstić information content (AvgIpc) is 3.02. The number of nitro groups is 1. The maximum atomic E-state index is 12.2. The van der Waals surface area contributed by atoms with Gasteiger partial charge in [-0.25, -0.2) is 9.79 Å². The highest BCUT2D eigenvalue weighted by molar-refractivity contribution is 8.18. The topological polar surface area (TPSA) is 131 Å². The highest BCUT2D eigenvalue weighted by Gasteiger charge is 2.33. The van der Waals surface area contributed by atoms with E-state index in [0.29, 0.717) is 16.2 Å². The molecule has 0 unspecified atom stereocenters. The number of phenolic OH excluding ortho intramolecular Hbond substituents is 1. The quantitative estimate of drug-likeness (QED) is 0.413. The third-order valence-electron chi connectivity index (χ3n) is 4.05. The highest BCUT2D eigenvalue weighted by Crippen LogP contribution is 2.41. The van der Waals surface area contributed by atoms with Gasteiger partial charge in [0.2, 0.25) is 0 Å². The Hall–Kier alpha value is -3.79. The molecule has 0 saturated heterocycles. The number of nitrogens with zero attached hydrogens (tertiary/aromatic N) is 2. The summed E-state index contributed by atoms with van der Waals surface area (Å²) in [5.74, 6) is -0.937. The fraction of sp³-hybridized carbons (Fsp3) is 0.100. The number of esters is 1. The molecule has 1 aliphatic rings. The Kier molecular flexibility index (Phi) is 6.07. The van der Waals surface area contributed by atoms with Crippen LogP contribution < -0.4 is 4.74 Å². The molecule has 10 heteroatoms. The van der Waals surface area contributed by atoms with E-state index in [1.54, 1.807) is 18.2 Å². The number of non-ortho nitro benzene ring substituents is 1. The first-order valence-corrected chi connectivity index (χ1v) is 9.27. The number of rotatable bonds is 5. The van der Waals surface area contributed by atoms with Gasteiger partial charge in [0.05, 0.1) is 29.7 Å². The third kappa shape index (κ3) is 4.28. The zero-order valence-electron chi connectivity index (χ0n) is 15.9. The molecule has 2 N–H and O–H groups in total. The molecule has 0 radical (unpaired) electrons. The number of nitro benzene ring substituents is 1. The lowest BCUT2D eigenvalue weighted by Gasteiger charge is -2.04. The van der Waals surface area contributed by atoms with Gasteiger partial charge in [-0.15, -0.1) is 0 Å². The molecule has 2 aromatic carbocycles. The van der Waals surface area contributed by atoms with Crippen LogP contribution in [0.5, 0.6) is 11.5 Å². The Morgan fingerprint density at radius 2 is 1.97 bits per heavy atom. The molecule has 0 aromatic heterocycles. The van der Waals surface area contributed by atoms with Gasteiger partial charge < -0.3 is 19.7 Å². The first-order valence-electron chi connectivity index (χ1n) is 8.46. The molecule has 0 spiro atoms. The van der Waals surface area contributed by atoms with Crippen molar-refractivity contribution in [1.82, 2.24) is 0 Å². The van der Waals surface area contributed by atoms with E-state index < -0.39 is 10.9 Å². The lowest BCUT2D eigenvalue weighted by molar-refractivity contribution is -0.384. The summed E-state index contributed by atoms with van der Waals surface area (Å²) in [6.45, 7) is 0. The second-order valence-electron chi connectivity index (χ2n) is 5.95. The molecule has 0 bridgehead atoms. The number of hydrogen-bond donors (Lipinski definition) is 2. The summed E-state index contributed by atoms with van der Waals surface area (Å²) in [5.41, 5.74) is 0.475. The van der Waals surface area contributed by atoms with Gasteiger partial charge in [0.15, 0.2) is 11.5 Å². The number of aromatic hydroxyl groups is 1. The van der Waals surface area contributed by atoms with E-state index >= 15 is 0 Å². The SMILES string of the molecule is COC(=O)C1=C(O)/C(=C\c2ccc(OC)c(O)c2)SC1=Nc1cccc([N+](=O)[O-])c1. The van der Waals surface area contributed by atoms with E-state index in [9.17, 15) is 25.1 Å². The number of phenols is 1. The molecular weight excluding hydrogens is 412 g/mol. The minimum Gasteiger partial charge on any atom is -0.506 e. The lowest BCUT2D eigenvalue weighted by Crippen LogP contribution is -2.10. The molecule has 9 nitrogen and oxygen atoms in total. The first kappa shape index (κ1) is 20.9. The Labute approximate surface area is 175 Å². The Bertz CT molecular complexity index is 1120. The molecule has 0 saturated carbocycles. The molecule has 0 fully saturated rings. The van der Waals surface area contributed by atoms with Gasteiger partial charge in [0, 0.05) is 12.1 Å². The summed E-state index contributed by atoms with van der Waals surface area (Å²) in [6.07, 6.45) is 1.55. The second kappa shape index (κ2) is 8.70. The normalized spacial score (nSPS) is 16.2. The van der Waals surface area contributed by atoms with Crippen LogP contribution in [0.3, 0.4) is 0 Å². The van der Waals surface area contributed by atoms with Crippen molar-refractivity contribution in [3.05, 3.63) is 74.4 Å². The van der Waals surface area contributed by atoms with Crippen LogP contribution in [0.15, 0.2) is 63.7 Å². The number of benzene rings is 2. The number of methoxy groups -OCH3 is 2. The van der Waals surface area contributed by atoms with Gasteiger partial charge in [0.1, 0.15) is 16.4 Å². The first-order chi connectivity index (χ1) is 14.3. The van der Waals surface area contributed by atoms with Crippen molar-refractivity contribution in [1.29, 1.82) is 0 Å². The predicted octanol–water partition coefficient (Wildman–Crippen LogP) is 4.11. The number of hydrogen-bond acceptors (Lipinski definition) is 9. The number of carbonyl (C=O) groups excluding carboxylic acids is 1. The van der Waals surface area contributed by atoms with E-state index in [4.69, 9.17) is 9.47 Å². The highest BCUT2D eigenvalue weighted by atomic mass is 32.2. The molecular formula is C20H16N2O7S. The van der Waals surface area contributed by atoms with Crippen LogP contribution in [0.4, 0.5) is 11.4 Å². The van der Waals surface area contributed by atoms with E-state index in [0.717, 1.165) is 11.8 Å². The fourth-order valence-electron chi connectivity index (χ4n) is 2.63. The summed E-state index contributed by atoms with van der Waals surface area (Å²) in [6, 6.07) is 10.2. The molecule has 1 heterocycles. The fourth-order valence-corrected chi connectivity index (χ4v) is 3.67. The number of carbonyl (C=O) groups is 1. The van der Waals surface area contributed by atoms with E-state index in [1.165, 1.54) is 44.6 Å². The minimum atomic E-state index is -0.801. The van der Waals surface area contributed by atoms with Gasteiger partial charge in [-0.1, -0.05) is 23.9 Å². The van der Waals surface area contributed by atoms with Crippen molar-refractivity contribution >= 4 is 40.2 Å². The Balaban J connectivity index is 2.04. The molecule has 0 amide bonds. The molecule has 0 atom stereocenters. The Morgan fingerprint density at radius 3 is 2.60 bits per heavy atom. The second-order valence-corrected chi connectivity index (χ2v) is 6.98. The van der Waals surface area contributed by atoms with Crippen LogP contribution in [0.25, 0.3) is 6.08 Å². The van der Waals surface area contributed by atoms with E-state index in [-0.39, 0.29) is 33.5 Å². The van der Waals surface area contributed by atoms with Crippen molar-refractivity contribution in [2.75, 3.05) is 14.2 Å². The largest absolute Gasteiger partial charge is 0.506 e. The van der Waals surface area contributed by atoms with Gasteiger partial charge in [-0.05, 0) is 29.8 Å². The monoisotopic (exact) mass is 428 g/mol. The number of aliphatic hydroxyl groups excluding tert-OH is 1. The van der Waals surface area contributed by atoms with Crippen LogP contribution in [0.2, 0.25) is 0 Å². The van der Waals surface area contributed by atoms with Gasteiger partial charge in [-0.3, -0.25) is 10.1 Å². The van der Waals surface area contributed by atoms with Crippen molar-refractivity contribution < 1.29 is 29.4 Å².